The van der Waals surface area contributed by atoms with Gasteiger partial charge in [-0.25, -0.2) is 4.79 Å². The number of imide groups is 1. The third-order valence-electron chi connectivity index (χ3n) is 6.39. The number of carbonyl (C=O) groups is 4. The molecule has 31 heavy (non-hydrogen) atoms. The van der Waals surface area contributed by atoms with Crippen molar-refractivity contribution in [2.24, 2.45) is 5.92 Å². The Morgan fingerprint density at radius 3 is 2.48 bits per heavy atom. The molecule has 1 aromatic carbocycles. The molecule has 1 saturated heterocycles. The summed E-state index contributed by atoms with van der Waals surface area (Å²) in [5.74, 6) is -1.66. The maximum Gasteiger partial charge on any atom is 0.327 e. The molecule has 1 heterocycles. The lowest BCUT2D eigenvalue weighted by atomic mass is 9.73. The molecule has 0 radical (unpaired) electrons. The fraction of sp³-hybridized carbons (Fsp3) is 0.565. The first-order valence-corrected chi connectivity index (χ1v) is 10.8. The second-order valence-corrected chi connectivity index (χ2v) is 8.83. The molecule has 4 amide bonds. The van der Waals surface area contributed by atoms with E-state index >= 15 is 0 Å². The molecule has 2 aliphatic rings. The zero-order valence-corrected chi connectivity index (χ0v) is 18.8. The van der Waals surface area contributed by atoms with Crippen molar-refractivity contribution in [1.29, 1.82) is 0 Å². The molecule has 8 nitrogen and oxygen atoms in total. The van der Waals surface area contributed by atoms with Gasteiger partial charge in [-0.1, -0.05) is 37.5 Å². The smallest absolute Gasteiger partial charge is 0.327 e. The second kappa shape index (κ2) is 8.69. The average molecular weight is 430 g/mol. The number of benzene rings is 1. The number of aryl methyl sites for hydroxylation is 3. The summed E-state index contributed by atoms with van der Waals surface area (Å²) in [6.45, 7) is 8.66. The molecule has 0 unspecified atom stereocenters. The number of hydrogen-bond donors (Lipinski definition) is 2. The van der Waals surface area contributed by atoms with Gasteiger partial charge in [0.25, 0.3) is 11.8 Å². The van der Waals surface area contributed by atoms with Crippen molar-refractivity contribution < 1.29 is 23.9 Å². The normalized spacial score (nSPS) is 24.2. The summed E-state index contributed by atoms with van der Waals surface area (Å²) in [7, 11) is 0. The Morgan fingerprint density at radius 1 is 1.23 bits per heavy atom. The molecule has 0 aromatic heterocycles. The molecule has 2 N–H and O–H groups in total. The number of nitrogens with one attached hydrogen (secondary N) is 2. The Labute approximate surface area is 182 Å². The summed E-state index contributed by atoms with van der Waals surface area (Å²) in [5, 5.41) is 5.60. The Morgan fingerprint density at radius 2 is 1.87 bits per heavy atom. The third-order valence-corrected chi connectivity index (χ3v) is 6.39. The second-order valence-electron chi connectivity index (χ2n) is 8.83. The van der Waals surface area contributed by atoms with Crippen LogP contribution >= 0.6 is 0 Å². The van der Waals surface area contributed by atoms with Crippen LogP contribution in [0.25, 0.3) is 0 Å². The number of urea groups is 1. The zero-order valence-electron chi connectivity index (χ0n) is 18.8. The topological polar surface area (TPSA) is 105 Å². The van der Waals surface area contributed by atoms with Gasteiger partial charge in [0.1, 0.15) is 12.1 Å². The van der Waals surface area contributed by atoms with E-state index in [2.05, 4.69) is 10.6 Å². The lowest BCUT2D eigenvalue weighted by Crippen LogP contribution is -2.54. The SMILES string of the molecule is Cc1cc(C)c(NC(=O)[C@H](C)OC(=O)CN2C(=O)N[C@@]3(CCCC[C@@H]3C)C2=O)c(C)c1. The molecule has 3 atom stereocenters. The monoisotopic (exact) mass is 429 g/mol. The van der Waals surface area contributed by atoms with Crippen LogP contribution in [0, 0.1) is 26.7 Å². The molecule has 1 spiro atoms. The van der Waals surface area contributed by atoms with E-state index < -0.39 is 36.1 Å². The van der Waals surface area contributed by atoms with Crippen LogP contribution in [-0.2, 0) is 19.1 Å². The highest BCUT2D eigenvalue weighted by Crippen LogP contribution is 2.38. The van der Waals surface area contributed by atoms with Gasteiger partial charge in [0.2, 0.25) is 0 Å². The summed E-state index contributed by atoms with van der Waals surface area (Å²) < 4.78 is 5.22. The average Bonchev–Trinajstić information content (AvgIpc) is 2.91. The van der Waals surface area contributed by atoms with E-state index in [1.54, 1.807) is 0 Å². The lowest BCUT2D eigenvalue weighted by molar-refractivity contribution is -0.155. The van der Waals surface area contributed by atoms with Crippen molar-refractivity contribution in [3.63, 3.8) is 0 Å². The quantitative estimate of drug-likeness (QED) is 0.553. The molecule has 1 aliphatic carbocycles. The first kappa shape index (κ1) is 22.8. The van der Waals surface area contributed by atoms with Crippen LogP contribution in [0.3, 0.4) is 0 Å². The van der Waals surface area contributed by atoms with Crippen LogP contribution < -0.4 is 10.6 Å². The Bertz CT molecular complexity index is 905. The van der Waals surface area contributed by atoms with Crippen molar-refractivity contribution >= 4 is 29.5 Å². The predicted octanol–water partition coefficient (Wildman–Crippen LogP) is 2.98. The summed E-state index contributed by atoms with van der Waals surface area (Å²) in [6.07, 6.45) is 2.21. The van der Waals surface area contributed by atoms with Crippen molar-refractivity contribution in [3.8, 4) is 0 Å². The van der Waals surface area contributed by atoms with E-state index in [4.69, 9.17) is 4.74 Å². The molecule has 1 aromatic rings. The van der Waals surface area contributed by atoms with Gasteiger partial charge in [-0.2, -0.15) is 0 Å². The standard InChI is InChI=1S/C23H31N3O5/c1-13-10-14(2)19(15(3)11-13)24-20(28)17(5)31-18(27)12-26-21(29)23(25-22(26)30)9-7-6-8-16(23)4/h10-11,16-17H,6-9,12H2,1-5H3,(H,24,28)(H,25,30)/t16-,17-,23+/m0/s1. The van der Waals surface area contributed by atoms with Gasteiger partial charge in [-0.15, -0.1) is 0 Å². The van der Waals surface area contributed by atoms with Crippen LogP contribution in [0.15, 0.2) is 12.1 Å². The molecule has 0 bridgehead atoms. The van der Waals surface area contributed by atoms with E-state index in [0.717, 1.165) is 40.9 Å². The summed E-state index contributed by atoms with van der Waals surface area (Å²) in [4.78, 5) is 51.2. The highest BCUT2D eigenvalue weighted by atomic mass is 16.5. The van der Waals surface area contributed by atoms with Crippen LogP contribution in [0.2, 0.25) is 0 Å². The van der Waals surface area contributed by atoms with Crippen molar-refractivity contribution in [1.82, 2.24) is 10.2 Å². The number of rotatable bonds is 5. The Hall–Kier alpha value is -2.90. The number of hydrogen-bond acceptors (Lipinski definition) is 5. The molecule has 1 saturated carbocycles. The number of nitrogens with zero attached hydrogens (tertiary/aromatic N) is 1. The van der Waals surface area contributed by atoms with Crippen LogP contribution in [0.4, 0.5) is 10.5 Å². The van der Waals surface area contributed by atoms with Gasteiger partial charge in [0.05, 0.1) is 0 Å². The largest absolute Gasteiger partial charge is 0.451 e. The van der Waals surface area contributed by atoms with E-state index in [1.807, 2.05) is 39.8 Å². The number of anilines is 1. The molecule has 168 valence electrons. The number of ether oxygens (including phenoxy) is 1. The van der Waals surface area contributed by atoms with Gasteiger partial charge >= 0.3 is 12.0 Å². The van der Waals surface area contributed by atoms with E-state index in [1.165, 1.54) is 6.92 Å². The first-order chi connectivity index (χ1) is 14.5. The molecule has 1 aliphatic heterocycles. The number of esters is 1. The highest BCUT2D eigenvalue weighted by molar-refractivity contribution is 6.09. The molecular weight excluding hydrogens is 398 g/mol. The Balaban J connectivity index is 1.61. The fourth-order valence-electron chi connectivity index (χ4n) is 4.66. The maximum atomic E-state index is 13.0. The summed E-state index contributed by atoms with van der Waals surface area (Å²) in [5.41, 5.74) is 2.66. The molecule has 8 heteroatoms. The molecule has 2 fully saturated rings. The van der Waals surface area contributed by atoms with Gasteiger partial charge in [0, 0.05) is 5.69 Å². The van der Waals surface area contributed by atoms with Gasteiger partial charge < -0.3 is 15.4 Å². The zero-order chi connectivity index (χ0) is 22.9. The summed E-state index contributed by atoms with van der Waals surface area (Å²) in [6, 6.07) is 3.33. The maximum absolute atomic E-state index is 13.0. The van der Waals surface area contributed by atoms with Crippen molar-refractivity contribution in [3.05, 3.63) is 28.8 Å². The number of amides is 4. The summed E-state index contributed by atoms with van der Waals surface area (Å²) >= 11 is 0. The van der Waals surface area contributed by atoms with Gasteiger partial charge in [-0.3, -0.25) is 19.3 Å². The minimum atomic E-state index is -1.07. The van der Waals surface area contributed by atoms with Crippen LogP contribution in [0.1, 0.15) is 56.2 Å². The van der Waals surface area contributed by atoms with Crippen molar-refractivity contribution in [2.75, 3.05) is 11.9 Å². The molecule has 3 rings (SSSR count). The Kier molecular flexibility index (Phi) is 6.38. The van der Waals surface area contributed by atoms with E-state index in [9.17, 15) is 19.2 Å². The lowest BCUT2D eigenvalue weighted by Gasteiger charge is -2.36. The molecular formula is C23H31N3O5. The first-order valence-electron chi connectivity index (χ1n) is 10.8. The highest BCUT2D eigenvalue weighted by Gasteiger charge is 2.55. The van der Waals surface area contributed by atoms with Crippen LogP contribution in [-0.4, -0.2) is 46.9 Å². The van der Waals surface area contributed by atoms with E-state index in [0.29, 0.717) is 12.1 Å². The predicted molar refractivity (Wildman–Crippen MR) is 115 cm³/mol. The number of carbonyl (C=O) groups excluding carboxylic acids is 4. The minimum absolute atomic E-state index is 0.00408. The van der Waals surface area contributed by atoms with Crippen LogP contribution in [0.5, 0.6) is 0 Å². The minimum Gasteiger partial charge on any atom is -0.451 e. The van der Waals surface area contributed by atoms with Gasteiger partial charge in [0.15, 0.2) is 6.10 Å². The third kappa shape index (κ3) is 4.43. The van der Waals surface area contributed by atoms with Gasteiger partial charge in [-0.05, 0) is 57.6 Å². The van der Waals surface area contributed by atoms with E-state index in [-0.39, 0.29) is 11.8 Å². The van der Waals surface area contributed by atoms with Crippen molar-refractivity contribution in [2.45, 2.75) is 71.9 Å². The fourth-order valence-corrected chi connectivity index (χ4v) is 4.66.